The summed E-state index contributed by atoms with van der Waals surface area (Å²) in [5.41, 5.74) is 2.08. The van der Waals surface area contributed by atoms with Crippen molar-refractivity contribution in [2.24, 2.45) is 0 Å². The lowest BCUT2D eigenvalue weighted by molar-refractivity contribution is 0.452. The predicted octanol–water partition coefficient (Wildman–Crippen LogP) is 2.17. The summed E-state index contributed by atoms with van der Waals surface area (Å²) < 4.78 is 5.67. The molecular weight excluding hydrogens is 176 g/mol. The van der Waals surface area contributed by atoms with Crippen LogP contribution in [0.2, 0.25) is 0 Å². The van der Waals surface area contributed by atoms with E-state index in [0.29, 0.717) is 0 Å². The number of nitrogens with zero attached hydrogens (tertiary/aromatic N) is 2. The molecule has 0 bridgehead atoms. The Balaban J connectivity index is 2.12. The number of fused-ring (bicyclic) bond motifs is 2. The van der Waals surface area contributed by atoms with Crippen molar-refractivity contribution in [3.8, 4) is 11.5 Å². The quantitative estimate of drug-likeness (QED) is 0.537. The van der Waals surface area contributed by atoms with Gasteiger partial charge in [-0.3, -0.25) is 0 Å². The van der Waals surface area contributed by atoms with E-state index in [2.05, 4.69) is 10.2 Å². The van der Waals surface area contributed by atoms with Gasteiger partial charge in [0.25, 0.3) is 0 Å². The molecule has 0 N–H and O–H groups in total. The summed E-state index contributed by atoms with van der Waals surface area (Å²) in [6, 6.07) is 9.84. The molecule has 14 heavy (non-hydrogen) atoms. The van der Waals surface area contributed by atoms with E-state index < -0.39 is 0 Å². The molecule has 0 aliphatic carbocycles. The average molecular weight is 184 g/mol. The van der Waals surface area contributed by atoms with E-state index in [1.165, 1.54) is 5.56 Å². The first-order valence-corrected chi connectivity index (χ1v) is 4.50. The van der Waals surface area contributed by atoms with E-state index in [1.807, 2.05) is 30.3 Å². The van der Waals surface area contributed by atoms with Gasteiger partial charge in [0.1, 0.15) is 11.4 Å². The van der Waals surface area contributed by atoms with Crippen LogP contribution in [0.25, 0.3) is 0 Å². The molecule has 0 saturated heterocycles. The van der Waals surface area contributed by atoms with Crippen LogP contribution in [0.3, 0.4) is 0 Å². The minimum Gasteiger partial charge on any atom is -0.455 e. The maximum absolute atomic E-state index is 5.67. The van der Waals surface area contributed by atoms with Crippen LogP contribution in [0.5, 0.6) is 11.5 Å². The molecule has 1 aromatic carbocycles. The van der Waals surface area contributed by atoms with Gasteiger partial charge in [-0.15, -0.1) is 0 Å². The molecule has 3 heteroatoms. The molecule has 1 aromatic heterocycles. The molecule has 0 atom stereocenters. The summed E-state index contributed by atoms with van der Waals surface area (Å²) in [6.07, 6.45) is 2.45. The first-order valence-electron chi connectivity index (χ1n) is 4.50. The highest BCUT2D eigenvalue weighted by Gasteiger charge is 2.16. The number of aromatic nitrogens is 2. The largest absolute Gasteiger partial charge is 0.455 e. The summed E-state index contributed by atoms with van der Waals surface area (Å²) in [5, 5.41) is 7.88. The Morgan fingerprint density at radius 2 is 2.00 bits per heavy atom. The fourth-order valence-electron chi connectivity index (χ4n) is 1.61. The third kappa shape index (κ3) is 1.06. The Morgan fingerprint density at radius 3 is 3.00 bits per heavy atom. The third-order valence-electron chi connectivity index (χ3n) is 2.31. The fourth-order valence-corrected chi connectivity index (χ4v) is 1.61. The van der Waals surface area contributed by atoms with E-state index in [0.717, 1.165) is 23.6 Å². The lowest BCUT2D eigenvalue weighted by atomic mass is 10.1. The van der Waals surface area contributed by atoms with Crippen LogP contribution in [0.4, 0.5) is 0 Å². The highest BCUT2D eigenvalue weighted by atomic mass is 16.5. The standard InChI is InChI=1S/C11H8N2O/c1-2-4-10-8(3-1)7-9-11(14-10)5-6-12-13-9/h1-6H,7H2. The van der Waals surface area contributed by atoms with Gasteiger partial charge >= 0.3 is 0 Å². The first-order chi connectivity index (χ1) is 6.93. The Kier molecular flexibility index (Phi) is 1.50. The van der Waals surface area contributed by atoms with E-state index in [-0.39, 0.29) is 0 Å². The number of hydrogen-bond acceptors (Lipinski definition) is 3. The van der Waals surface area contributed by atoms with Crippen LogP contribution in [0, 0.1) is 0 Å². The van der Waals surface area contributed by atoms with Crippen molar-refractivity contribution >= 4 is 0 Å². The predicted molar refractivity (Wildman–Crippen MR) is 51.4 cm³/mol. The van der Waals surface area contributed by atoms with Crippen molar-refractivity contribution in [3.05, 3.63) is 47.8 Å². The van der Waals surface area contributed by atoms with Gasteiger partial charge in [0, 0.05) is 18.1 Å². The smallest absolute Gasteiger partial charge is 0.152 e. The zero-order valence-electron chi connectivity index (χ0n) is 7.47. The van der Waals surface area contributed by atoms with Crippen molar-refractivity contribution in [2.75, 3.05) is 0 Å². The number of hydrogen-bond donors (Lipinski definition) is 0. The lowest BCUT2D eigenvalue weighted by Crippen LogP contribution is -2.05. The first kappa shape index (κ1) is 7.50. The minimum absolute atomic E-state index is 0.805. The Morgan fingerprint density at radius 1 is 1.07 bits per heavy atom. The van der Waals surface area contributed by atoms with Crippen molar-refractivity contribution in [2.45, 2.75) is 6.42 Å². The van der Waals surface area contributed by atoms with Crippen LogP contribution in [0.1, 0.15) is 11.3 Å². The van der Waals surface area contributed by atoms with Gasteiger partial charge in [-0.2, -0.15) is 10.2 Å². The zero-order valence-corrected chi connectivity index (χ0v) is 7.47. The Bertz CT molecular complexity index is 395. The summed E-state index contributed by atoms with van der Waals surface area (Å²) in [5.74, 6) is 1.74. The molecular formula is C11H8N2O. The lowest BCUT2D eigenvalue weighted by Gasteiger charge is -2.17. The Hall–Kier alpha value is -1.90. The van der Waals surface area contributed by atoms with E-state index in [9.17, 15) is 0 Å². The normalized spacial score (nSPS) is 12.6. The topological polar surface area (TPSA) is 35.0 Å². The minimum atomic E-state index is 0.805. The molecule has 3 rings (SSSR count). The maximum Gasteiger partial charge on any atom is 0.152 e. The van der Waals surface area contributed by atoms with Gasteiger partial charge in [-0.1, -0.05) is 18.2 Å². The van der Waals surface area contributed by atoms with Gasteiger partial charge in [-0.05, 0) is 6.07 Å². The number of benzene rings is 1. The van der Waals surface area contributed by atoms with Gasteiger partial charge in [-0.25, -0.2) is 0 Å². The van der Waals surface area contributed by atoms with Gasteiger partial charge in [0.2, 0.25) is 0 Å². The molecule has 3 nitrogen and oxygen atoms in total. The highest BCUT2D eigenvalue weighted by molar-refractivity contribution is 5.46. The molecule has 2 aromatic rings. The molecule has 0 spiro atoms. The van der Waals surface area contributed by atoms with Gasteiger partial charge in [0.15, 0.2) is 5.75 Å². The van der Waals surface area contributed by atoms with Gasteiger partial charge < -0.3 is 4.74 Å². The second kappa shape index (κ2) is 2.80. The van der Waals surface area contributed by atoms with E-state index in [1.54, 1.807) is 6.20 Å². The summed E-state index contributed by atoms with van der Waals surface area (Å²) in [7, 11) is 0. The highest BCUT2D eigenvalue weighted by Crippen LogP contribution is 2.34. The van der Waals surface area contributed by atoms with Crippen LogP contribution in [-0.2, 0) is 6.42 Å². The van der Waals surface area contributed by atoms with Crippen LogP contribution in [0.15, 0.2) is 36.5 Å². The Labute approximate surface area is 81.4 Å². The van der Waals surface area contributed by atoms with Crippen LogP contribution in [-0.4, -0.2) is 10.2 Å². The fraction of sp³-hybridized carbons (Fsp3) is 0.0909. The zero-order chi connectivity index (χ0) is 9.38. The molecule has 1 aliphatic rings. The van der Waals surface area contributed by atoms with E-state index >= 15 is 0 Å². The molecule has 0 fully saturated rings. The number of ether oxygens (including phenoxy) is 1. The summed E-state index contributed by atoms with van der Waals surface area (Å²) >= 11 is 0. The molecule has 1 aliphatic heterocycles. The second-order valence-electron chi connectivity index (χ2n) is 3.23. The molecule has 2 heterocycles. The molecule has 68 valence electrons. The monoisotopic (exact) mass is 184 g/mol. The van der Waals surface area contributed by atoms with Crippen LogP contribution >= 0.6 is 0 Å². The SMILES string of the molecule is c1ccc2c(c1)Cc1nnccc1O2. The van der Waals surface area contributed by atoms with Crippen LogP contribution < -0.4 is 4.74 Å². The van der Waals surface area contributed by atoms with Crippen molar-refractivity contribution in [3.63, 3.8) is 0 Å². The molecule has 0 radical (unpaired) electrons. The average Bonchev–Trinajstić information content (AvgIpc) is 2.26. The maximum atomic E-state index is 5.67. The molecule has 0 unspecified atom stereocenters. The van der Waals surface area contributed by atoms with E-state index in [4.69, 9.17) is 4.74 Å². The summed E-state index contributed by atoms with van der Waals surface area (Å²) in [4.78, 5) is 0. The second-order valence-corrected chi connectivity index (χ2v) is 3.23. The van der Waals surface area contributed by atoms with Crippen molar-refractivity contribution < 1.29 is 4.74 Å². The van der Waals surface area contributed by atoms with Crippen molar-refractivity contribution in [1.82, 2.24) is 10.2 Å². The number of para-hydroxylation sites is 1. The molecule has 0 amide bonds. The van der Waals surface area contributed by atoms with Crippen molar-refractivity contribution in [1.29, 1.82) is 0 Å². The molecule has 0 saturated carbocycles. The number of rotatable bonds is 0. The van der Waals surface area contributed by atoms with Gasteiger partial charge in [0.05, 0.1) is 6.20 Å². The summed E-state index contributed by atoms with van der Waals surface area (Å²) in [6.45, 7) is 0. The third-order valence-corrected chi connectivity index (χ3v) is 2.31.